The smallest absolute Gasteiger partial charge is 0.326 e. The summed E-state index contributed by atoms with van der Waals surface area (Å²) in [6, 6.07) is 11.5. The molecule has 0 atom stereocenters. The van der Waals surface area contributed by atoms with E-state index in [1.807, 2.05) is 19.1 Å². The normalized spacial score (nSPS) is 11.1. The molecule has 0 amide bonds. The Hall–Kier alpha value is -2.54. The minimum absolute atomic E-state index is 0.0727. The summed E-state index contributed by atoms with van der Waals surface area (Å²) in [6.07, 6.45) is 0. The van der Waals surface area contributed by atoms with Gasteiger partial charge in [0.1, 0.15) is 12.3 Å². The summed E-state index contributed by atoms with van der Waals surface area (Å²) < 4.78 is 37.6. The van der Waals surface area contributed by atoms with Crippen molar-refractivity contribution < 1.29 is 22.7 Å². The van der Waals surface area contributed by atoms with Crippen molar-refractivity contribution in [1.82, 2.24) is 0 Å². The minimum Gasteiger partial charge on any atom is -0.497 e. The number of carbonyl (C=O) groups is 1. The van der Waals surface area contributed by atoms with Crippen molar-refractivity contribution in [2.45, 2.75) is 25.7 Å². The molecule has 0 bridgehead atoms. The highest BCUT2D eigenvalue weighted by Gasteiger charge is 2.29. The molecule has 0 heterocycles. The van der Waals surface area contributed by atoms with Crippen molar-refractivity contribution in [3.63, 3.8) is 0 Å². The SMILES string of the molecule is CCOC(=O)CN(c1cc(C)ccc1C)S(=O)(=O)c1ccc(OC)cc1. The van der Waals surface area contributed by atoms with Gasteiger partial charge in [0.15, 0.2) is 0 Å². The van der Waals surface area contributed by atoms with E-state index in [1.165, 1.54) is 19.2 Å². The molecule has 0 spiro atoms. The number of benzene rings is 2. The summed E-state index contributed by atoms with van der Waals surface area (Å²) in [4.78, 5) is 12.1. The van der Waals surface area contributed by atoms with Crippen LogP contribution in [0.15, 0.2) is 47.4 Å². The Balaban J connectivity index is 2.54. The second-order valence-electron chi connectivity index (χ2n) is 5.78. The molecular weight excluding hydrogens is 354 g/mol. The fraction of sp³-hybridized carbons (Fsp3) is 0.316. The van der Waals surface area contributed by atoms with Crippen LogP contribution in [0, 0.1) is 13.8 Å². The summed E-state index contributed by atoms with van der Waals surface area (Å²) in [7, 11) is -2.45. The van der Waals surface area contributed by atoms with Crippen molar-refractivity contribution in [2.24, 2.45) is 0 Å². The van der Waals surface area contributed by atoms with Gasteiger partial charge in [0.25, 0.3) is 10.0 Å². The molecule has 0 fully saturated rings. The second kappa shape index (κ2) is 8.23. The maximum atomic E-state index is 13.2. The molecule has 2 aromatic rings. The molecule has 0 N–H and O–H groups in total. The van der Waals surface area contributed by atoms with Gasteiger partial charge in [-0.25, -0.2) is 8.42 Å². The summed E-state index contributed by atoms with van der Waals surface area (Å²) in [5, 5.41) is 0. The minimum atomic E-state index is -3.95. The van der Waals surface area contributed by atoms with E-state index in [2.05, 4.69) is 0 Å². The first-order valence-corrected chi connectivity index (χ1v) is 9.63. The van der Waals surface area contributed by atoms with Crippen LogP contribution in [0.5, 0.6) is 5.75 Å². The van der Waals surface area contributed by atoms with Crippen LogP contribution in [0.3, 0.4) is 0 Å². The lowest BCUT2D eigenvalue weighted by atomic mass is 10.1. The number of sulfonamides is 1. The molecule has 7 heteroatoms. The Morgan fingerprint density at radius 2 is 1.73 bits per heavy atom. The van der Waals surface area contributed by atoms with Crippen LogP contribution >= 0.6 is 0 Å². The van der Waals surface area contributed by atoms with Crippen molar-refractivity contribution in [3.8, 4) is 5.75 Å². The Morgan fingerprint density at radius 3 is 2.31 bits per heavy atom. The number of hydrogen-bond acceptors (Lipinski definition) is 5. The van der Waals surface area contributed by atoms with E-state index in [1.54, 1.807) is 32.0 Å². The van der Waals surface area contributed by atoms with Crippen molar-refractivity contribution in [3.05, 3.63) is 53.6 Å². The molecule has 0 aliphatic carbocycles. The molecule has 26 heavy (non-hydrogen) atoms. The summed E-state index contributed by atoms with van der Waals surface area (Å²) in [5.74, 6) is -0.0573. The maximum Gasteiger partial charge on any atom is 0.326 e. The first kappa shape index (κ1) is 19.8. The monoisotopic (exact) mass is 377 g/mol. The van der Waals surface area contributed by atoms with E-state index < -0.39 is 22.5 Å². The number of hydrogen-bond donors (Lipinski definition) is 0. The third-order valence-corrected chi connectivity index (χ3v) is 5.63. The van der Waals surface area contributed by atoms with Crippen LogP contribution < -0.4 is 9.04 Å². The summed E-state index contributed by atoms with van der Waals surface area (Å²) in [6.45, 7) is 5.13. The van der Waals surface area contributed by atoms with Gasteiger partial charge in [-0.15, -0.1) is 0 Å². The standard InChI is InChI=1S/C19H23NO5S/c1-5-25-19(21)13-20(18-12-14(2)6-7-15(18)3)26(22,23)17-10-8-16(24-4)9-11-17/h6-12H,5,13H2,1-4H3. The molecule has 2 rings (SSSR count). The van der Waals surface area contributed by atoms with Gasteiger partial charge in [-0.1, -0.05) is 12.1 Å². The fourth-order valence-electron chi connectivity index (χ4n) is 2.49. The van der Waals surface area contributed by atoms with Gasteiger partial charge < -0.3 is 9.47 Å². The Labute approximate surface area is 154 Å². The summed E-state index contributed by atoms with van der Waals surface area (Å²) >= 11 is 0. The summed E-state index contributed by atoms with van der Waals surface area (Å²) in [5.41, 5.74) is 2.09. The van der Waals surface area contributed by atoms with E-state index >= 15 is 0 Å². The lowest BCUT2D eigenvalue weighted by molar-refractivity contribution is -0.141. The molecule has 0 aromatic heterocycles. The average molecular weight is 377 g/mol. The fourth-order valence-corrected chi connectivity index (χ4v) is 3.95. The third kappa shape index (κ3) is 4.35. The highest BCUT2D eigenvalue weighted by molar-refractivity contribution is 7.92. The number of rotatable bonds is 7. The third-order valence-electron chi connectivity index (χ3n) is 3.86. The topological polar surface area (TPSA) is 72.9 Å². The highest BCUT2D eigenvalue weighted by atomic mass is 32.2. The van der Waals surface area contributed by atoms with E-state index in [0.29, 0.717) is 11.4 Å². The Bertz CT molecular complexity index is 875. The molecule has 0 radical (unpaired) electrons. The van der Waals surface area contributed by atoms with Crippen molar-refractivity contribution in [1.29, 1.82) is 0 Å². The van der Waals surface area contributed by atoms with Gasteiger partial charge in [-0.2, -0.15) is 0 Å². The first-order chi connectivity index (χ1) is 12.3. The molecule has 2 aromatic carbocycles. The molecular formula is C19H23NO5S. The first-order valence-electron chi connectivity index (χ1n) is 8.19. The predicted octanol–water partition coefficient (Wildman–Crippen LogP) is 3.07. The largest absolute Gasteiger partial charge is 0.497 e. The number of aryl methyl sites for hydroxylation is 2. The molecule has 6 nitrogen and oxygen atoms in total. The van der Waals surface area contributed by atoms with E-state index in [4.69, 9.17) is 9.47 Å². The molecule has 0 saturated carbocycles. The van der Waals surface area contributed by atoms with Crippen molar-refractivity contribution in [2.75, 3.05) is 24.6 Å². The van der Waals surface area contributed by atoms with E-state index in [0.717, 1.165) is 15.4 Å². The second-order valence-corrected chi connectivity index (χ2v) is 7.64. The van der Waals surface area contributed by atoms with Crippen molar-refractivity contribution >= 4 is 21.7 Å². The quantitative estimate of drug-likeness (QED) is 0.694. The van der Waals surface area contributed by atoms with Crippen LogP contribution in [0.2, 0.25) is 0 Å². The number of esters is 1. The molecule has 0 aliphatic rings. The average Bonchev–Trinajstić information content (AvgIpc) is 2.62. The molecule has 140 valence electrons. The lowest BCUT2D eigenvalue weighted by Gasteiger charge is -2.25. The van der Waals surface area contributed by atoms with E-state index in [-0.39, 0.29) is 11.5 Å². The van der Waals surface area contributed by atoms with Gasteiger partial charge in [0.05, 0.1) is 24.3 Å². The lowest BCUT2D eigenvalue weighted by Crippen LogP contribution is -2.37. The van der Waals surface area contributed by atoms with Crippen LogP contribution in [0.1, 0.15) is 18.1 Å². The van der Waals surface area contributed by atoms with Crippen LogP contribution in [0.25, 0.3) is 0 Å². The van der Waals surface area contributed by atoms with Gasteiger partial charge in [0.2, 0.25) is 0 Å². The Kier molecular flexibility index (Phi) is 6.26. The maximum absolute atomic E-state index is 13.2. The molecule has 0 unspecified atom stereocenters. The van der Waals surface area contributed by atoms with Gasteiger partial charge in [-0.05, 0) is 62.2 Å². The number of methoxy groups -OCH3 is 1. The predicted molar refractivity (Wildman–Crippen MR) is 100 cm³/mol. The highest BCUT2D eigenvalue weighted by Crippen LogP contribution is 2.28. The van der Waals surface area contributed by atoms with Crippen LogP contribution in [0.4, 0.5) is 5.69 Å². The molecule has 0 saturated heterocycles. The van der Waals surface area contributed by atoms with Gasteiger partial charge in [0, 0.05) is 0 Å². The van der Waals surface area contributed by atoms with Gasteiger partial charge >= 0.3 is 5.97 Å². The number of anilines is 1. The zero-order valence-corrected chi connectivity index (χ0v) is 16.2. The molecule has 0 aliphatic heterocycles. The number of ether oxygens (including phenoxy) is 2. The van der Waals surface area contributed by atoms with Crippen LogP contribution in [-0.2, 0) is 19.6 Å². The van der Waals surface area contributed by atoms with Crippen LogP contribution in [-0.4, -0.2) is 34.6 Å². The Morgan fingerprint density at radius 1 is 1.08 bits per heavy atom. The zero-order valence-electron chi connectivity index (χ0n) is 15.4. The zero-order chi connectivity index (χ0) is 19.3. The van der Waals surface area contributed by atoms with Gasteiger partial charge in [-0.3, -0.25) is 9.10 Å². The number of carbonyl (C=O) groups excluding carboxylic acids is 1. The van der Waals surface area contributed by atoms with E-state index in [9.17, 15) is 13.2 Å². The number of nitrogens with zero attached hydrogens (tertiary/aromatic N) is 1.